The van der Waals surface area contributed by atoms with Gasteiger partial charge in [0.05, 0.1) is 24.8 Å². The fraction of sp³-hybridized carbons (Fsp3) is 0.632. The molecule has 0 spiro atoms. The number of nitrogens with zero attached hydrogens (tertiary/aromatic N) is 2. The molecule has 0 radical (unpaired) electrons. The monoisotopic (exact) mass is 507 g/mol. The number of hydrogen-bond acceptors (Lipinski definition) is 12. The zero-order valence-electron chi connectivity index (χ0n) is 18.9. The minimum absolute atomic E-state index is 0.0632. The van der Waals surface area contributed by atoms with E-state index in [2.05, 4.69) is 10.6 Å². The molecule has 0 aromatic carbocycles. The molecule has 7 N–H and O–H groups in total. The van der Waals surface area contributed by atoms with Gasteiger partial charge in [-0.2, -0.15) is 0 Å². The van der Waals surface area contributed by atoms with Crippen LogP contribution in [0.5, 0.6) is 0 Å². The summed E-state index contributed by atoms with van der Waals surface area (Å²) in [6.45, 7) is 0.183. The first-order valence-corrected chi connectivity index (χ1v) is 11.4. The number of aliphatic carboxylic acids is 1. The number of aliphatic hydroxyl groups excluding tert-OH is 4. The number of furan rings is 1. The van der Waals surface area contributed by atoms with E-state index in [1.54, 1.807) is 26.2 Å². The molecule has 2 heterocycles. The second kappa shape index (κ2) is 11.8. The van der Waals surface area contributed by atoms with Crippen LogP contribution >= 0.6 is 11.8 Å². The Morgan fingerprint density at radius 2 is 1.91 bits per heavy atom. The first kappa shape index (κ1) is 27.8. The van der Waals surface area contributed by atoms with Crippen LogP contribution in [0.25, 0.3) is 0 Å². The molecule has 6 unspecified atom stereocenters. The number of rotatable bonds is 12. The summed E-state index contributed by atoms with van der Waals surface area (Å²) >= 11 is 1.32. The fourth-order valence-corrected chi connectivity index (χ4v) is 4.27. The number of carboxylic acids is 1. The van der Waals surface area contributed by atoms with Crippen molar-refractivity contribution in [2.45, 2.75) is 49.2 Å². The van der Waals surface area contributed by atoms with Crippen molar-refractivity contribution in [1.82, 2.24) is 10.6 Å². The van der Waals surface area contributed by atoms with E-state index in [0.29, 0.717) is 23.5 Å². The number of thioether (sulfide) groups is 1. The van der Waals surface area contributed by atoms with Crippen LogP contribution < -0.4 is 10.6 Å². The molecule has 6 atom stereocenters. The highest BCUT2D eigenvalue weighted by Gasteiger charge is 2.53. The summed E-state index contributed by atoms with van der Waals surface area (Å²) in [5, 5.41) is 65.2. The highest BCUT2D eigenvalue weighted by atomic mass is 32.2. The Kier molecular flexibility index (Phi) is 9.69. The highest BCUT2D eigenvalue weighted by molar-refractivity contribution is 7.98. The lowest BCUT2D eigenvalue weighted by molar-refractivity contribution is -0.957. The number of nitrogens with one attached hydrogen (secondary N) is 2. The molecule has 1 aromatic heterocycles. The molecular weight excluding hydrogens is 476 g/mol. The zero-order valence-corrected chi connectivity index (χ0v) is 19.7. The number of likely N-dealkylation sites (N-methyl/N-ethyl adjacent to an activating group) is 1. The van der Waals surface area contributed by atoms with Gasteiger partial charge < -0.3 is 45.3 Å². The third-order valence-corrected chi connectivity index (χ3v) is 6.19. The third kappa shape index (κ3) is 7.30. The Morgan fingerprint density at radius 1 is 1.26 bits per heavy atom. The molecule has 192 valence electrons. The molecule has 1 aliphatic rings. The average Bonchev–Trinajstić information content (AvgIpc) is 3.17. The SMILES string of the molecule is CNC(=C[N+](=O)[O-])NC(O)CSCc1ccc(C[N+](C)(C)C2OC(C(=O)O)C(O)C(O)C2O)o1. The number of nitro groups is 1. The average molecular weight is 508 g/mol. The summed E-state index contributed by atoms with van der Waals surface area (Å²) in [6, 6.07) is 3.43. The molecule has 15 heteroatoms. The maximum Gasteiger partial charge on any atom is 0.335 e. The lowest BCUT2D eigenvalue weighted by atomic mass is 9.96. The Bertz CT molecular complexity index is 879. The normalized spacial score (nSPS) is 26.7. The van der Waals surface area contributed by atoms with Gasteiger partial charge in [-0.05, 0) is 12.1 Å². The molecule has 1 saturated heterocycles. The van der Waals surface area contributed by atoms with E-state index in [1.807, 2.05) is 0 Å². The van der Waals surface area contributed by atoms with E-state index in [-0.39, 0.29) is 22.6 Å². The quantitative estimate of drug-likeness (QED) is 0.0721. The molecule has 0 aliphatic carbocycles. The van der Waals surface area contributed by atoms with Gasteiger partial charge in [0.15, 0.2) is 23.8 Å². The van der Waals surface area contributed by atoms with Gasteiger partial charge in [-0.1, -0.05) is 0 Å². The van der Waals surface area contributed by atoms with Crippen molar-refractivity contribution in [1.29, 1.82) is 0 Å². The van der Waals surface area contributed by atoms with Gasteiger partial charge >= 0.3 is 5.97 Å². The van der Waals surface area contributed by atoms with Crippen LogP contribution in [-0.4, -0.2) is 105 Å². The van der Waals surface area contributed by atoms with E-state index >= 15 is 0 Å². The minimum atomic E-state index is -1.76. The molecule has 34 heavy (non-hydrogen) atoms. The van der Waals surface area contributed by atoms with E-state index < -0.39 is 47.8 Å². The third-order valence-electron chi connectivity index (χ3n) is 5.15. The van der Waals surface area contributed by atoms with Gasteiger partial charge in [0.2, 0.25) is 6.23 Å². The second-order valence-corrected chi connectivity index (χ2v) is 9.35. The Hall–Kier alpha value is -2.40. The first-order chi connectivity index (χ1) is 15.9. The van der Waals surface area contributed by atoms with Crippen molar-refractivity contribution in [3.05, 3.63) is 45.8 Å². The Balaban J connectivity index is 1.93. The van der Waals surface area contributed by atoms with E-state index in [0.717, 1.165) is 0 Å². The van der Waals surface area contributed by atoms with Crippen LogP contribution in [0.3, 0.4) is 0 Å². The van der Waals surface area contributed by atoms with E-state index in [1.165, 1.54) is 18.8 Å². The second-order valence-electron chi connectivity index (χ2n) is 8.32. The van der Waals surface area contributed by atoms with Crippen molar-refractivity contribution >= 4 is 17.7 Å². The molecule has 0 amide bonds. The van der Waals surface area contributed by atoms with Gasteiger partial charge in [-0.3, -0.25) is 14.6 Å². The molecule has 0 saturated carbocycles. The number of carboxylic acid groups (broad SMARTS) is 1. The standard InChI is InChI=1S/C19H30N4O10S/c1-20-12(6-22(30)31)21-13(24)9-34-8-11-5-4-10(32-11)7-23(2,3)18-16(27)14(25)15(26)17(33-18)19(28)29/h4-6,13-18,20-21,24-27H,7-9H2,1-3H3/p+1. The van der Waals surface area contributed by atoms with Crippen LogP contribution in [0.15, 0.2) is 28.6 Å². The molecule has 1 aliphatic heterocycles. The van der Waals surface area contributed by atoms with Crippen LogP contribution in [0.1, 0.15) is 11.5 Å². The van der Waals surface area contributed by atoms with Gasteiger partial charge in [-0.15, -0.1) is 11.8 Å². The van der Waals surface area contributed by atoms with Crippen molar-refractivity contribution in [2.75, 3.05) is 26.9 Å². The van der Waals surface area contributed by atoms with E-state index in [4.69, 9.17) is 9.15 Å². The highest BCUT2D eigenvalue weighted by Crippen LogP contribution is 2.29. The van der Waals surface area contributed by atoms with Gasteiger partial charge in [0, 0.05) is 12.8 Å². The van der Waals surface area contributed by atoms with Gasteiger partial charge in [0.1, 0.15) is 30.7 Å². The molecule has 14 nitrogen and oxygen atoms in total. The van der Waals surface area contributed by atoms with Gasteiger partial charge in [0.25, 0.3) is 6.20 Å². The number of ether oxygens (including phenoxy) is 1. The lowest BCUT2D eigenvalue weighted by Crippen LogP contribution is -2.67. The van der Waals surface area contributed by atoms with Crippen molar-refractivity contribution < 1.29 is 48.9 Å². The number of carbonyl (C=O) groups is 1. The number of aliphatic hydroxyl groups is 4. The Morgan fingerprint density at radius 3 is 2.50 bits per heavy atom. The van der Waals surface area contributed by atoms with Crippen LogP contribution in [0, 0.1) is 10.1 Å². The topological polar surface area (TPSA) is 208 Å². The van der Waals surface area contributed by atoms with Crippen molar-refractivity contribution in [3.8, 4) is 0 Å². The van der Waals surface area contributed by atoms with Crippen LogP contribution in [0.2, 0.25) is 0 Å². The summed E-state index contributed by atoms with van der Waals surface area (Å²) in [7, 11) is 4.80. The van der Waals surface area contributed by atoms with Crippen molar-refractivity contribution in [2.24, 2.45) is 0 Å². The first-order valence-electron chi connectivity index (χ1n) is 10.2. The molecular formula is C19H31N4O10S+. The van der Waals surface area contributed by atoms with Crippen molar-refractivity contribution in [3.63, 3.8) is 0 Å². The summed E-state index contributed by atoms with van der Waals surface area (Å²) in [5.41, 5.74) is 0. The predicted octanol–water partition coefficient (Wildman–Crippen LogP) is -1.82. The summed E-state index contributed by atoms with van der Waals surface area (Å²) in [6.07, 6.45) is -8.14. The fourth-order valence-electron chi connectivity index (χ4n) is 3.49. The zero-order chi connectivity index (χ0) is 25.6. The smallest absolute Gasteiger partial charge is 0.335 e. The minimum Gasteiger partial charge on any atom is -0.479 e. The molecule has 1 aromatic rings. The maximum atomic E-state index is 11.4. The van der Waals surface area contributed by atoms with Gasteiger partial charge in [-0.25, -0.2) is 4.79 Å². The number of quaternary nitrogens is 1. The number of hydrogen-bond donors (Lipinski definition) is 7. The van der Waals surface area contributed by atoms with Crippen LogP contribution in [-0.2, 0) is 21.8 Å². The summed E-state index contributed by atoms with van der Waals surface area (Å²) in [4.78, 5) is 21.2. The van der Waals surface area contributed by atoms with E-state index in [9.17, 15) is 40.4 Å². The largest absolute Gasteiger partial charge is 0.479 e. The van der Waals surface area contributed by atoms with Crippen LogP contribution in [0.4, 0.5) is 0 Å². The molecule has 2 rings (SSSR count). The lowest BCUT2D eigenvalue weighted by Gasteiger charge is -2.45. The Labute approximate surface area is 199 Å². The summed E-state index contributed by atoms with van der Waals surface area (Å²) < 4.78 is 11.1. The summed E-state index contributed by atoms with van der Waals surface area (Å²) in [5.74, 6) is 0.322. The predicted molar refractivity (Wildman–Crippen MR) is 118 cm³/mol. The maximum absolute atomic E-state index is 11.4. The molecule has 1 fully saturated rings. The molecule has 0 bridgehead atoms.